The zero-order chi connectivity index (χ0) is 9.26. The smallest absolute Gasteiger partial charge is 0.155 e. The van der Waals surface area contributed by atoms with Gasteiger partial charge in [-0.3, -0.25) is 4.98 Å². The standard InChI is InChI=1S/C8H7BrN2OS/c9-5-1-2-6(10-3-5)8-11-7(12)4-13-8/h1-3,7,12H,4H2. The maximum absolute atomic E-state index is 9.17. The highest BCUT2D eigenvalue weighted by Gasteiger charge is 2.17. The van der Waals surface area contributed by atoms with E-state index in [4.69, 9.17) is 0 Å². The van der Waals surface area contributed by atoms with Crippen LogP contribution >= 0.6 is 27.7 Å². The molecule has 1 aliphatic heterocycles. The fraction of sp³-hybridized carbons (Fsp3) is 0.250. The van der Waals surface area contributed by atoms with E-state index in [1.807, 2.05) is 12.1 Å². The summed E-state index contributed by atoms with van der Waals surface area (Å²) in [6.45, 7) is 0. The van der Waals surface area contributed by atoms with Crippen LogP contribution in [0, 0.1) is 0 Å². The van der Waals surface area contributed by atoms with Gasteiger partial charge in [-0.2, -0.15) is 0 Å². The van der Waals surface area contributed by atoms with Gasteiger partial charge in [0.1, 0.15) is 5.04 Å². The van der Waals surface area contributed by atoms with Crippen molar-refractivity contribution in [3.8, 4) is 0 Å². The van der Waals surface area contributed by atoms with Crippen molar-refractivity contribution < 1.29 is 5.11 Å². The molecular formula is C8H7BrN2OS. The topological polar surface area (TPSA) is 45.5 Å². The van der Waals surface area contributed by atoms with Crippen molar-refractivity contribution in [1.82, 2.24) is 4.98 Å². The molecule has 0 spiro atoms. The molecule has 5 heteroatoms. The summed E-state index contributed by atoms with van der Waals surface area (Å²) < 4.78 is 0.945. The van der Waals surface area contributed by atoms with Crippen LogP contribution in [-0.2, 0) is 0 Å². The second-order valence-electron chi connectivity index (χ2n) is 2.59. The summed E-state index contributed by atoms with van der Waals surface area (Å²) in [6, 6.07) is 3.80. The number of aliphatic hydroxyl groups excluding tert-OH is 1. The van der Waals surface area contributed by atoms with Crippen LogP contribution in [0.2, 0.25) is 0 Å². The Hall–Kier alpha value is -0.390. The molecule has 0 fully saturated rings. The average molecular weight is 259 g/mol. The fourth-order valence-electron chi connectivity index (χ4n) is 1.01. The van der Waals surface area contributed by atoms with Crippen molar-refractivity contribution in [2.75, 3.05) is 5.75 Å². The molecule has 0 saturated carbocycles. The van der Waals surface area contributed by atoms with Gasteiger partial charge >= 0.3 is 0 Å². The zero-order valence-corrected chi connectivity index (χ0v) is 9.05. The van der Waals surface area contributed by atoms with Crippen molar-refractivity contribution in [3.05, 3.63) is 28.5 Å². The zero-order valence-electron chi connectivity index (χ0n) is 6.64. The number of aliphatic imine (C=N–C) groups is 1. The van der Waals surface area contributed by atoms with Crippen molar-refractivity contribution in [3.63, 3.8) is 0 Å². The maximum Gasteiger partial charge on any atom is 0.155 e. The van der Waals surface area contributed by atoms with E-state index in [9.17, 15) is 5.11 Å². The van der Waals surface area contributed by atoms with E-state index < -0.39 is 6.23 Å². The van der Waals surface area contributed by atoms with E-state index in [1.54, 1.807) is 6.20 Å². The molecule has 0 amide bonds. The van der Waals surface area contributed by atoms with Gasteiger partial charge in [0.05, 0.1) is 5.69 Å². The second-order valence-corrected chi connectivity index (χ2v) is 4.51. The minimum Gasteiger partial charge on any atom is -0.371 e. The van der Waals surface area contributed by atoms with E-state index in [0.717, 1.165) is 15.2 Å². The van der Waals surface area contributed by atoms with E-state index in [-0.39, 0.29) is 0 Å². The summed E-state index contributed by atoms with van der Waals surface area (Å²) in [6.07, 6.45) is 1.16. The van der Waals surface area contributed by atoms with Crippen LogP contribution < -0.4 is 0 Å². The lowest BCUT2D eigenvalue weighted by atomic mass is 10.4. The molecule has 2 heterocycles. The third kappa shape index (κ3) is 2.10. The van der Waals surface area contributed by atoms with Crippen LogP contribution in [0.25, 0.3) is 0 Å². The van der Waals surface area contributed by atoms with Crippen molar-refractivity contribution in [1.29, 1.82) is 0 Å². The Kier molecular flexibility index (Phi) is 2.66. The summed E-state index contributed by atoms with van der Waals surface area (Å²) in [5, 5.41) is 9.99. The summed E-state index contributed by atoms with van der Waals surface area (Å²) in [5.41, 5.74) is 0.824. The molecule has 1 aromatic rings. The first-order valence-corrected chi connectivity index (χ1v) is 5.54. The van der Waals surface area contributed by atoms with Crippen LogP contribution in [0.5, 0.6) is 0 Å². The molecule has 0 radical (unpaired) electrons. The molecule has 0 saturated heterocycles. The highest BCUT2D eigenvalue weighted by atomic mass is 79.9. The van der Waals surface area contributed by atoms with E-state index >= 15 is 0 Å². The summed E-state index contributed by atoms with van der Waals surface area (Å²) in [7, 11) is 0. The highest BCUT2D eigenvalue weighted by Crippen LogP contribution is 2.21. The van der Waals surface area contributed by atoms with Crippen molar-refractivity contribution in [2.45, 2.75) is 6.23 Å². The number of thioether (sulfide) groups is 1. The van der Waals surface area contributed by atoms with Crippen LogP contribution in [0.4, 0.5) is 0 Å². The third-order valence-corrected chi connectivity index (χ3v) is 3.10. The number of aliphatic hydroxyl groups is 1. The normalized spacial score (nSPS) is 21.7. The fourth-order valence-corrected chi connectivity index (χ4v) is 2.09. The number of pyridine rings is 1. The van der Waals surface area contributed by atoms with E-state index in [2.05, 4.69) is 25.9 Å². The number of hydrogen-bond donors (Lipinski definition) is 1. The molecule has 1 aromatic heterocycles. The third-order valence-electron chi connectivity index (χ3n) is 1.58. The number of nitrogens with zero attached hydrogens (tertiary/aromatic N) is 2. The van der Waals surface area contributed by atoms with Crippen molar-refractivity contribution >= 4 is 32.7 Å². The van der Waals surface area contributed by atoms with Crippen molar-refractivity contribution in [2.24, 2.45) is 4.99 Å². The molecule has 0 aliphatic carbocycles. The van der Waals surface area contributed by atoms with Crippen LogP contribution in [0.3, 0.4) is 0 Å². The van der Waals surface area contributed by atoms with Gasteiger partial charge in [-0.05, 0) is 28.1 Å². The molecule has 1 unspecified atom stereocenters. The highest BCUT2D eigenvalue weighted by molar-refractivity contribution is 9.10. The molecule has 1 atom stereocenters. The largest absolute Gasteiger partial charge is 0.371 e. The van der Waals surface area contributed by atoms with Crippen LogP contribution in [-0.4, -0.2) is 27.1 Å². The lowest BCUT2D eigenvalue weighted by Crippen LogP contribution is -1.99. The van der Waals surface area contributed by atoms with E-state index in [0.29, 0.717) is 5.75 Å². The molecule has 1 N–H and O–H groups in total. The summed E-state index contributed by atoms with van der Waals surface area (Å²) in [4.78, 5) is 8.23. The van der Waals surface area contributed by atoms with Gasteiger partial charge in [-0.25, -0.2) is 4.99 Å². The Labute approximate surface area is 88.4 Å². The second kappa shape index (κ2) is 3.77. The molecule has 2 rings (SSSR count). The first-order chi connectivity index (χ1) is 6.25. The molecule has 68 valence electrons. The number of hydrogen-bond acceptors (Lipinski definition) is 4. The van der Waals surface area contributed by atoms with Gasteiger partial charge in [0.2, 0.25) is 0 Å². The Bertz CT molecular complexity index is 339. The van der Waals surface area contributed by atoms with Gasteiger partial charge < -0.3 is 5.11 Å². The van der Waals surface area contributed by atoms with E-state index in [1.165, 1.54) is 11.8 Å². The number of aromatic nitrogens is 1. The average Bonchev–Trinajstić information content (AvgIpc) is 2.53. The lowest BCUT2D eigenvalue weighted by molar-refractivity contribution is 0.213. The first-order valence-electron chi connectivity index (χ1n) is 3.76. The molecular weight excluding hydrogens is 252 g/mol. The monoisotopic (exact) mass is 258 g/mol. The summed E-state index contributed by atoms with van der Waals surface area (Å²) in [5.74, 6) is 0.632. The van der Waals surface area contributed by atoms with Gasteiger partial charge in [-0.1, -0.05) is 11.8 Å². The summed E-state index contributed by atoms with van der Waals surface area (Å²) >= 11 is 4.84. The molecule has 13 heavy (non-hydrogen) atoms. The van der Waals surface area contributed by atoms with Gasteiger partial charge in [0.15, 0.2) is 6.23 Å². The quantitative estimate of drug-likeness (QED) is 0.834. The molecule has 1 aliphatic rings. The minimum atomic E-state index is -0.564. The van der Waals surface area contributed by atoms with Gasteiger partial charge in [-0.15, -0.1) is 0 Å². The molecule has 3 nitrogen and oxygen atoms in total. The Balaban J connectivity index is 2.26. The van der Waals surface area contributed by atoms with Crippen LogP contribution in [0.15, 0.2) is 27.8 Å². The predicted molar refractivity (Wildman–Crippen MR) is 56.9 cm³/mol. The maximum atomic E-state index is 9.17. The Morgan fingerprint density at radius 3 is 2.92 bits per heavy atom. The molecule has 0 bridgehead atoms. The van der Waals surface area contributed by atoms with Crippen LogP contribution in [0.1, 0.15) is 5.69 Å². The Morgan fingerprint density at radius 2 is 2.38 bits per heavy atom. The Morgan fingerprint density at radius 1 is 1.54 bits per heavy atom. The first kappa shape index (κ1) is 9.18. The molecule has 0 aromatic carbocycles. The minimum absolute atomic E-state index is 0.564. The number of rotatable bonds is 1. The number of halogens is 1. The predicted octanol–water partition coefficient (Wildman–Crippen LogP) is 1.66. The lowest BCUT2D eigenvalue weighted by Gasteiger charge is -1.97. The SMILES string of the molecule is OC1CSC(c2ccc(Br)cn2)=N1. The van der Waals surface area contributed by atoms with Gasteiger partial charge in [0.25, 0.3) is 0 Å². The van der Waals surface area contributed by atoms with Gasteiger partial charge in [0, 0.05) is 16.4 Å².